The molecule has 0 atom stereocenters. The van der Waals surface area contributed by atoms with Crippen LogP contribution in [0.25, 0.3) is 11.3 Å². The molecule has 7 heteroatoms. The first kappa shape index (κ1) is 19.7. The summed E-state index contributed by atoms with van der Waals surface area (Å²) in [6.45, 7) is 2.00. The summed E-state index contributed by atoms with van der Waals surface area (Å²) < 4.78 is 5.29. The Kier molecular flexibility index (Phi) is 6.77. The second-order valence-corrected chi connectivity index (χ2v) is 8.29. The van der Waals surface area contributed by atoms with Gasteiger partial charge in [-0.1, -0.05) is 11.6 Å². The van der Waals surface area contributed by atoms with E-state index in [1.54, 1.807) is 18.9 Å². The van der Waals surface area contributed by atoms with Crippen molar-refractivity contribution in [1.29, 1.82) is 0 Å². The maximum absolute atomic E-state index is 12.1. The van der Waals surface area contributed by atoms with Gasteiger partial charge in [0.1, 0.15) is 5.75 Å². The van der Waals surface area contributed by atoms with E-state index in [1.165, 1.54) is 11.3 Å². The molecule has 27 heavy (non-hydrogen) atoms. The Bertz CT molecular complexity index is 926. The molecule has 0 radical (unpaired) electrons. The number of carbonyl (C=O) groups is 1. The summed E-state index contributed by atoms with van der Waals surface area (Å²) in [4.78, 5) is 17.8. The first-order valence-corrected chi connectivity index (χ1v) is 10.6. The smallest absolute Gasteiger partial charge is 0.226 e. The summed E-state index contributed by atoms with van der Waals surface area (Å²) in [5.74, 6) is 1.51. The fraction of sp³-hybridized carbons (Fsp3) is 0.200. The van der Waals surface area contributed by atoms with Crippen molar-refractivity contribution >= 4 is 45.7 Å². The minimum absolute atomic E-state index is 0.0386. The van der Waals surface area contributed by atoms with E-state index >= 15 is 0 Å². The van der Waals surface area contributed by atoms with Crippen LogP contribution >= 0.6 is 34.7 Å². The highest BCUT2D eigenvalue weighted by atomic mass is 35.5. The molecular formula is C20H19ClN2O2S2. The first-order chi connectivity index (χ1) is 13.0. The quantitative estimate of drug-likeness (QED) is 0.485. The number of aryl methyl sites for hydroxylation is 1. The maximum Gasteiger partial charge on any atom is 0.226 e. The van der Waals surface area contributed by atoms with E-state index in [0.717, 1.165) is 27.5 Å². The molecule has 0 aliphatic rings. The molecule has 0 bridgehead atoms. The van der Waals surface area contributed by atoms with Gasteiger partial charge in [0.15, 0.2) is 5.13 Å². The number of nitrogens with one attached hydrogen (secondary N) is 1. The minimum Gasteiger partial charge on any atom is -0.496 e. The third-order valence-electron chi connectivity index (χ3n) is 3.85. The van der Waals surface area contributed by atoms with Crippen LogP contribution in [0.1, 0.15) is 12.0 Å². The fourth-order valence-electron chi connectivity index (χ4n) is 2.48. The zero-order valence-corrected chi connectivity index (χ0v) is 17.4. The summed E-state index contributed by atoms with van der Waals surface area (Å²) >= 11 is 8.92. The molecule has 0 saturated carbocycles. The van der Waals surface area contributed by atoms with Crippen molar-refractivity contribution in [3.63, 3.8) is 0 Å². The monoisotopic (exact) mass is 418 g/mol. The highest BCUT2D eigenvalue weighted by Crippen LogP contribution is 2.29. The van der Waals surface area contributed by atoms with Crippen molar-refractivity contribution in [2.24, 2.45) is 0 Å². The van der Waals surface area contributed by atoms with E-state index < -0.39 is 0 Å². The molecule has 1 aromatic heterocycles. The van der Waals surface area contributed by atoms with E-state index in [4.69, 9.17) is 16.3 Å². The zero-order valence-electron chi connectivity index (χ0n) is 15.0. The van der Waals surface area contributed by atoms with Gasteiger partial charge in [0, 0.05) is 33.0 Å². The molecule has 0 spiro atoms. The molecule has 1 amide bonds. The summed E-state index contributed by atoms with van der Waals surface area (Å²) in [5, 5.41) is 6.14. The van der Waals surface area contributed by atoms with Crippen LogP contribution in [-0.2, 0) is 4.79 Å². The van der Waals surface area contributed by atoms with E-state index in [9.17, 15) is 4.79 Å². The van der Waals surface area contributed by atoms with Crippen LogP contribution in [0.2, 0.25) is 5.02 Å². The molecule has 0 saturated heterocycles. The molecule has 4 nitrogen and oxygen atoms in total. The van der Waals surface area contributed by atoms with Gasteiger partial charge in [0.25, 0.3) is 0 Å². The predicted octanol–water partition coefficient (Wildman–Crippen LogP) is 5.90. The number of carbonyl (C=O) groups excluding carboxylic acids is 1. The van der Waals surface area contributed by atoms with Crippen molar-refractivity contribution in [1.82, 2.24) is 4.98 Å². The van der Waals surface area contributed by atoms with Crippen LogP contribution in [-0.4, -0.2) is 23.8 Å². The molecule has 2 aromatic carbocycles. The van der Waals surface area contributed by atoms with Gasteiger partial charge in [-0.25, -0.2) is 4.98 Å². The molecule has 1 N–H and O–H groups in total. The number of halogens is 1. The highest BCUT2D eigenvalue weighted by Gasteiger charge is 2.10. The number of amides is 1. The number of anilines is 1. The average Bonchev–Trinajstić information content (AvgIpc) is 3.11. The normalized spacial score (nSPS) is 10.6. The van der Waals surface area contributed by atoms with Crippen LogP contribution < -0.4 is 10.1 Å². The molecule has 0 fully saturated rings. The number of hydrogen-bond acceptors (Lipinski definition) is 5. The Morgan fingerprint density at radius 1 is 1.26 bits per heavy atom. The fourth-order valence-corrected chi connectivity index (χ4v) is 4.19. The Morgan fingerprint density at radius 2 is 2.04 bits per heavy atom. The molecule has 140 valence electrons. The zero-order chi connectivity index (χ0) is 19.2. The summed E-state index contributed by atoms with van der Waals surface area (Å²) in [5.41, 5.74) is 2.90. The summed E-state index contributed by atoms with van der Waals surface area (Å²) in [6.07, 6.45) is 0.420. The lowest BCUT2D eigenvalue weighted by Crippen LogP contribution is -2.11. The van der Waals surface area contributed by atoms with Gasteiger partial charge >= 0.3 is 0 Å². The van der Waals surface area contributed by atoms with Crippen LogP contribution in [0, 0.1) is 6.92 Å². The number of aromatic nitrogens is 1. The van der Waals surface area contributed by atoms with Crippen molar-refractivity contribution in [3.05, 3.63) is 58.4 Å². The molecule has 0 aliphatic heterocycles. The molecule has 0 unspecified atom stereocenters. The van der Waals surface area contributed by atoms with Gasteiger partial charge in [-0.15, -0.1) is 23.1 Å². The molecule has 0 aliphatic carbocycles. The standard InChI is InChI=1S/C20H19ClN2O2S2/c1-13-11-14(3-8-18(13)25-2)17-12-27-20(22-17)23-19(24)9-10-26-16-6-4-15(21)5-7-16/h3-8,11-12H,9-10H2,1-2H3,(H,22,23,24). The van der Waals surface area contributed by atoms with Gasteiger partial charge in [0.2, 0.25) is 5.91 Å². The molecular weight excluding hydrogens is 400 g/mol. The Hall–Kier alpha value is -2.02. The SMILES string of the molecule is COc1ccc(-c2csc(NC(=O)CCSc3ccc(Cl)cc3)n2)cc1C. The topological polar surface area (TPSA) is 51.2 Å². The molecule has 1 heterocycles. The summed E-state index contributed by atoms with van der Waals surface area (Å²) in [6, 6.07) is 13.5. The molecule has 3 aromatic rings. The van der Waals surface area contributed by atoms with E-state index in [0.29, 0.717) is 22.3 Å². The van der Waals surface area contributed by atoms with Gasteiger partial charge in [-0.3, -0.25) is 4.79 Å². The lowest BCUT2D eigenvalue weighted by molar-refractivity contribution is -0.115. The van der Waals surface area contributed by atoms with Crippen LogP contribution in [0.3, 0.4) is 0 Å². The Balaban J connectivity index is 1.53. The van der Waals surface area contributed by atoms with E-state index in [2.05, 4.69) is 10.3 Å². The number of rotatable bonds is 7. The first-order valence-electron chi connectivity index (χ1n) is 8.34. The summed E-state index contributed by atoms with van der Waals surface area (Å²) in [7, 11) is 1.66. The van der Waals surface area contributed by atoms with Crippen molar-refractivity contribution < 1.29 is 9.53 Å². The number of nitrogens with zero attached hydrogens (tertiary/aromatic N) is 1. The second-order valence-electron chi connectivity index (χ2n) is 5.82. The maximum atomic E-state index is 12.1. The van der Waals surface area contributed by atoms with Crippen LogP contribution in [0.15, 0.2) is 52.7 Å². The van der Waals surface area contributed by atoms with E-state index in [1.807, 2.05) is 54.8 Å². The Morgan fingerprint density at radius 3 is 2.74 bits per heavy atom. The number of thiazole rings is 1. The predicted molar refractivity (Wildman–Crippen MR) is 114 cm³/mol. The largest absolute Gasteiger partial charge is 0.496 e. The van der Waals surface area contributed by atoms with Crippen molar-refractivity contribution in [2.45, 2.75) is 18.2 Å². The number of hydrogen-bond donors (Lipinski definition) is 1. The van der Waals surface area contributed by atoms with Crippen molar-refractivity contribution in [3.8, 4) is 17.0 Å². The third-order valence-corrected chi connectivity index (χ3v) is 5.88. The highest BCUT2D eigenvalue weighted by molar-refractivity contribution is 7.99. The number of thioether (sulfide) groups is 1. The third kappa shape index (κ3) is 5.48. The number of methoxy groups -OCH3 is 1. The average molecular weight is 419 g/mol. The van der Waals surface area contributed by atoms with Crippen molar-refractivity contribution in [2.75, 3.05) is 18.2 Å². The lowest BCUT2D eigenvalue weighted by Gasteiger charge is -2.05. The van der Waals surface area contributed by atoms with Gasteiger partial charge in [-0.2, -0.15) is 0 Å². The second kappa shape index (κ2) is 9.26. The minimum atomic E-state index is -0.0386. The van der Waals surface area contributed by atoms with Gasteiger partial charge in [-0.05, 0) is 55.0 Å². The van der Waals surface area contributed by atoms with Crippen LogP contribution in [0.4, 0.5) is 5.13 Å². The lowest BCUT2D eigenvalue weighted by atomic mass is 10.1. The number of ether oxygens (including phenoxy) is 1. The van der Waals surface area contributed by atoms with Gasteiger partial charge in [0.05, 0.1) is 12.8 Å². The Labute approximate surface area is 171 Å². The van der Waals surface area contributed by atoms with Crippen LogP contribution in [0.5, 0.6) is 5.75 Å². The van der Waals surface area contributed by atoms with E-state index in [-0.39, 0.29) is 5.91 Å². The molecule has 3 rings (SSSR count). The van der Waals surface area contributed by atoms with Gasteiger partial charge < -0.3 is 10.1 Å². The number of benzene rings is 2.